The summed E-state index contributed by atoms with van der Waals surface area (Å²) in [7, 11) is 0. The molecule has 0 aromatic carbocycles. The molecule has 0 fully saturated rings. The summed E-state index contributed by atoms with van der Waals surface area (Å²) in [6, 6.07) is 0. The zero-order valence-electron chi connectivity index (χ0n) is 8.20. The quantitative estimate of drug-likeness (QED) is 0.313. The van der Waals surface area contributed by atoms with Crippen LogP contribution in [-0.4, -0.2) is 57.4 Å². The molecular formula is C9H14O6. The number of aliphatic hydroxyl groups excluding tert-OH is 4. The Labute approximate surface area is 86.4 Å². The minimum atomic E-state index is -1.48. The van der Waals surface area contributed by atoms with E-state index >= 15 is 0 Å². The molecule has 0 amide bonds. The highest BCUT2D eigenvalue weighted by atomic mass is 16.5. The molecule has 0 bridgehead atoms. The average molecular weight is 218 g/mol. The van der Waals surface area contributed by atoms with Gasteiger partial charge in [0.2, 0.25) is 0 Å². The van der Waals surface area contributed by atoms with E-state index in [0.717, 1.165) is 0 Å². The van der Waals surface area contributed by atoms with Gasteiger partial charge in [-0.25, -0.2) is 0 Å². The van der Waals surface area contributed by atoms with E-state index in [2.05, 4.69) is 4.74 Å². The van der Waals surface area contributed by atoms with Gasteiger partial charge in [-0.15, -0.1) is 0 Å². The lowest BCUT2D eigenvalue weighted by molar-refractivity contribution is -0.141. The van der Waals surface area contributed by atoms with Gasteiger partial charge in [-0.2, -0.15) is 0 Å². The summed E-state index contributed by atoms with van der Waals surface area (Å²) < 4.78 is 4.61. The maximum Gasteiger partial charge on any atom is 0.302 e. The molecule has 1 aliphatic carbocycles. The van der Waals surface area contributed by atoms with Gasteiger partial charge in [0, 0.05) is 6.92 Å². The molecule has 86 valence electrons. The molecule has 0 saturated carbocycles. The molecule has 4 atom stereocenters. The Balaban J connectivity index is 2.70. The highest BCUT2D eigenvalue weighted by Crippen LogP contribution is 2.20. The van der Waals surface area contributed by atoms with Gasteiger partial charge in [-0.3, -0.25) is 4.79 Å². The summed E-state index contributed by atoms with van der Waals surface area (Å²) in [6.45, 7) is 0.995. The lowest BCUT2D eigenvalue weighted by Crippen LogP contribution is -2.49. The molecule has 0 radical (unpaired) electrons. The SMILES string of the molecule is CC(=O)OCC1=C[C@@H](O)[C@@H](O)[C@H](O)[C@@H]1O. The molecule has 15 heavy (non-hydrogen) atoms. The van der Waals surface area contributed by atoms with Crippen LogP contribution >= 0.6 is 0 Å². The molecule has 0 aromatic heterocycles. The molecule has 0 aliphatic heterocycles. The van der Waals surface area contributed by atoms with E-state index in [1.165, 1.54) is 13.0 Å². The summed E-state index contributed by atoms with van der Waals surface area (Å²) in [4.78, 5) is 10.5. The third kappa shape index (κ3) is 2.75. The Morgan fingerprint density at radius 2 is 1.93 bits per heavy atom. The molecule has 0 saturated heterocycles. The van der Waals surface area contributed by atoms with E-state index in [1.54, 1.807) is 0 Å². The van der Waals surface area contributed by atoms with Crippen LogP contribution in [0.4, 0.5) is 0 Å². The summed E-state index contributed by atoms with van der Waals surface area (Å²) in [5.41, 5.74) is 0.176. The summed E-state index contributed by atoms with van der Waals surface area (Å²) >= 11 is 0. The largest absolute Gasteiger partial charge is 0.461 e. The normalized spacial score (nSPS) is 35.9. The van der Waals surface area contributed by atoms with Gasteiger partial charge >= 0.3 is 5.97 Å². The minimum absolute atomic E-state index is 0.176. The van der Waals surface area contributed by atoms with Crippen LogP contribution < -0.4 is 0 Å². The Kier molecular flexibility index (Phi) is 3.81. The van der Waals surface area contributed by atoms with Gasteiger partial charge in [0.1, 0.15) is 31.0 Å². The lowest BCUT2D eigenvalue weighted by Gasteiger charge is -2.31. The summed E-state index contributed by atoms with van der Waals surface area (Å²) in [5, 5.41) is 37.2. The third-order valence-electron chi connectivity index (χ3n) is 2.23. The summed E-state index contributed by atoms with van der Waals surface area (Å²) in [6.07, 6.45) is -4.33. The number of esters is 1. The lowest BCUT2D eigenvalue weighted by atomic mass is 9.90. The second kappa shape index (κ2) is 4.71. The zero-order valence-corrected chi connectivity index (χ0v) is 8.20. The Morgan fingerprint density at radius 3 is 2.47 bits per heavy atom. The average Bonchev–Trinajstić information content (AvgIpc) is 2.18. The monoisotopic (exact) mass is 218 g/mol. The van der Waals surface area contributed by atoms with Crippen LogP contribution in [0.15, 0.2) is 11.6 Å². The molecule has 6 heteroatoms. The van der Waals surface area contributed by atoms with E-state index in [-0.39, 0.29) is 12.2 Å². The van der Waals surface area contributed by atoms with Crippen molar-refractivity contribution in [1.29, 1.82) is 0 Å². The van der Waals surface area contributed by atoms with Gasteiger partial charge in [-0.05, 0) is 11.6 Å². The molecule has 1 rings (SSSR count). The first kappa shape index (κ1) is 12.1. The van der Waals surface area contributed by atoms with Crippen molar-refractivity contribution >= 4 is 5.97 Å². The molecule has 1 aliphatic rings. The van der Waals surface area contributed by atoms with Crippen LogP contribution in [0.2, 0.25) is 0 Å². The summed E-state index contributed by atoms with van der Waals surface area (Å²) in [5.74, 6) is -0.529. The van der Waals surface area contributed by atoms with E-state index in [1.807, 2.05) is 0 Å². The van der Waals surface area contributed by atoms with Crippen molar-refractivity contribution in [2.24, 2.45) is 0 Å². The fraction of sp³-hybridized carbons (Fsp3) is 0.667. The number of hydrogen-bond donors (Lipinski definition) is 4. The van der Waals surface area contributed by atoms with Gasteiger partial charge < -0.3 is 25.2 Å². The second-order valence-corrected chi connectivity index (χ2v) is 3.44. The van der Waals surface area contributed by atoms with Crippen LogP contribution in [0.5, 0.6) is 0 Å². The van der Waals surface area contributed by atoms with Gasteiger partial charge in [0.05, 0.1) is 0 Å². The molecule has 0 unspecified atom stereocenters. The number of carbonyl (C=O) groups is 1. The molecule has 6 nitrogen and oxygen atoms in total. The van der Waals surface area contributed by atoms with E-state index in [0.29, 0.717) is 0 Å². The van der Waals surface area contributed by atoms with Crippen LogP contribution in [0.25, 0.3) is 0 Å². The number of carbonyl (C=O) groups excluding carboxylic acids is 1. The van der Waals surface area contributed by atoms with Gasteiger partial charge in [0.25, 0.3) is 0 Å². The Morgan fingerprint density at radius 1 is 1.33 bits per heavy atom. The smallest absolute Gasteiger partial charge is 0.302 e. The van der Waals surface area contributed by atoms with Crippen molar-refractivity contribution in [3.05, 3.63) is 11.6 Å². The van der Waals surface area contributed by atoms with Gasteiger partial charge in [-0.1, -0.05) is 0 Å². The molecule has 0 spiro atoms. The van der Waals surface area contributed by atoms with E-state index in [4.69, 9.17) is 0 Å². The highest BCUT2D eigenvalue weighted by molar-refractivity contribution is 5.66. The van der Waals surface area contributed by atoms with Crippen molar-refractivity contribution in [1.82, 2.24) is 0 Å². The van der Waals surface area contributed by atoms with Crippen molar-refractivity contribution < 1.29 is 30.0 Å². The maximum atomic E-state index is 10.5. The maximum absolute atomic E-state index is 10.5. The predicted molar refractivity (Wildman–Crippen MR) is 48.7 cm³/mol. The fourth-order valence-electron chi connectivity index (χ4n) is 1.34. The van der Waals surface area contributed by atoms with Crippen molar-refractivity contribution in [2.45, 2.75) is 31.3 Å². The van der Waals surface area contributed by atoms with Crippen LogP contribution in [0.3, 0.4) is 0 Å². The van der Waals surface area contributed by atoms with Gasteiger partial charge in [0.15, 0.2) is 0 Å². The van der Waals surface area contributed by atoms with Crippen LogP contribution in [0.1, 0.15) is 6.92 Å². The number of rotatable bonds is 2. The third-order valence-corrected chi connectivity index (χ3v) is 2.23. The van der Waals surface area contributed by atoms with E-state index < -0.39 is 30.4 Å². The first-order chi connectivity index (χ1) is 6.93. The molecule has 0 heterocycles. The van der Waals surface area contributed by atoms with E-state index in [9.17, 15) is 25.2 Å². The topological polar surface area (TPSA) is 107 Å². The standard InChI is InChI=1S/C9H14O6/c1-4(10)15-3-5-2-6(11)8(13)9(14)7(5)12/h2,6-9,11-14H,3H2,1H3/t6-,7-,8-,9-/m1/s1. The Hall–Kier alpha value is -0.950. The molecule has 4 N–H and O–H groups in total. The number of aliphatic hydroxyl groups is 4. The fourth-order valence-corrected chi connectivity index (χ4v) is 1.34. The first-order valence-corrected chi connectivity index (χ1v) is 4.49. The minimum Gasteiger partial charge on any atom is -0.461 e. The van der Waals surface area contributed by atoms with Crippen molar-refractivity contribution in [2.75, 3.05) is 6.61 Å². The second-order valence-electron chi connectivity index (χ2n) is 3.44. The number of hydrogen-bond acceptors (Lipinski definition) is 6. The Bertz CT molecular complexity index is 274. The van der Waals surface area contributed by atoms with Crippen LogP contribution in [-0.2, 0) is 9.53 Å². The molecule has 0 aromatic rings. The van der Waals surface area contributed by atoms with Crippen molar-refractivity contribution in [3.63, 3.8) is 0 Å². The predicted octanol–water partition coefficient (Wildman–Crippen LogP) is -2.07. The first-order valence-electron chi connectivity index (χ1n) is 4.49. The van der Waals surface area contributed by atoms with Crippen LogP contribution in [0, 0.1) is 0 Å². The van der Waals surface area contributed by atoms with Crippen molar-refractivity contribution in [3.8, 4) is 0 Å². The zero-order chi connectivity index (χ0) is 11.6. The number of ether oxygens (including phenoxy) is 1. The highest BCUT2D eigenvalue weighted by Gasteiger charge is 2.36. The molecular weight excluding hydrogens is 204 g/mol.